The van der Waals surface area contributed by atoms with Crippen LogP contribution in [0.1, 0.15) is 13.8 Å². The highest BCUT2D eigenvalue weighted by atomic mass is 16.5. The van der Waals surface area contributed by atoms with E-state index < -0.39 is 0 Å². The number of nitrogens with zero attached hydrogens (tertiary/aromatic N) is 4. The normalized spacial score (nSPS) is 11.4. The van der Waals surface area contributed by atoms with Crippen molar-refractivity contribution < 1.29 is 18.9 Å². The monoisotopic (exact) mass is 472 g/mol. The minimum Gasteiger partial charge on any atom is -0.493 e. The number of rotatable bonds is 7. The minimum absolute atomic E-state index is 0.0213. The zero-order chi connectivity index (χ0) is 24.7. The van der Waals surface area contributed by atoms with Crippen molar-refractivity contribution in [1.82, 2.24) is 19.2 Å². The highest BCUT2D eigenvalue weighted by Gasteiger charge is 2.20. The third kappa shape index (κ3) is 3.90. The van der Waals surface area contributed by atoms with Crippen molar-refractivity contribution in [3.8, 4) is 45.5 Å². The number of hydrogen-bond donors (Lipinski definition) is 0. The van der Waals surface area contributed by atoms with Gasteiger partial charge in [0.25, 0.3) is 0 Å². The lowest BCUT2D eigenvalue weighted by atomic mass is 10.1. The van der Waals surface area contributed by atoms with Gasteiger partial charge >= 0.3 is 0 Å². The van der Waals surface area contributed by atoms with Gasteiger partial charge in [0.1, 0.15) is 0 Å². The average molecular weight is 473 g/mol. The van der Waals surface area contributed by atoms with Crippen molar-refractivity contribution in [2.24, 2.45) is 7.05 Å². The molecule has 0 unspecified atom stereocenters. The molecule has 3 aromatic heterocycles. The maximum atomic E-state index is 6.16. The first-order valence-corrected chi connectivity index (χ1v) is 11.3. The van der Waals surface area contributed by atoms with Crippen molar-refractivity contribution in [3.05, 3.63) is 54.9 Å². The van der Waals surface area contributed by atoms with Gasteiger partial charge in [-0.25, -0.2) is 0 Å². The van der Waals surface area contributed by atoms with Crippen molar-refractivity contribution in [3.63, 3.8) is 0 Å². The van der Waals surface area contributed by atoms with E-state index in [4.69, 9.17) is 18.9 Å². The number of aromatic nitrogens is 4. The average Bonchev–Trinajstić information content (AvgIpc) is 3.46. The molecule has 0 aliphatic rings. The quantitative estimate of drug-likeness (QED) is 0.317. The van der Waals surface area contributed by atoms with Crippen LogP contribution in [0.2, 0.25) is 0 Å². The lowest BCUT2D eigenvalue weighted by Crippen LogP contribution is -2.07. The number of fused-ring (bicyclic) bond motifs is 2. The summed E-state index contributed by atoms with van der Waals surface area (Å²) in [6.45, 7) is 3.99. The summed E-state index contributed by atoms with van der Waals surface area (Å²) in [5.41, 5.74) is 4.65. The predicted molar refractivity (Wildman–Crippen MR) is 136 cm³/mol. The Kier molecular flexibility index (Phi) is 5.72. The second-order valence-electron chi connectivity index (χ2n) is 8.59. The van der Waals surface area contributed by atoms with E-state index in [0.717, 1.165) is 16.7 Å². The highest BCUT2D eigenvalue weighted by molar-refractivity contribution is 5.86. The predicted octanol–water partition coefficient (Wildman–Crippen LogP) is 5.37. The number of aryl methyl sites for hydroxylation is 1. The molecule has 0 saturated heterocycles. The van der Waals surface area contributed by atoms with Gasteiger partial charge < -0.3 is 23.5 Å². The first kappa shape index (κ1) is 22.6. The van der Waals surface area contributed by atoms with Crippen molar-refractivity contribution >= 4 is 16.6 Å². The third-order valence-corrected chi connectivity index (χ3v) is 5.98. The molecule has 0 spiro atoms. The molecule has 0 aliphatic heterocycles. The lowest BCUT2D eigenvalue weighted by Gasteiger charge is -2.15. The first-order chi connectivity index (χ1) is 16.9. The van der Waals surface area contributed by atoms with E-state index in [1.807, 2.05) is 49.7 Å². The number of methoxy groups -OCH3 is 3. The van der Waals surface area contributed by atoms with Crippen LogP contribution in [-0.2, 0) is 7.05 Å². The van der Waals surface area contributed by atoms with E-state index >= 15 is 0 Å². The minimum atomic E-state index is -0.0213. The summed E-state index contributed by atoms with van der Waals surface area (Å²) in [6.07, 6.45) is 4.07. The van der Waals surface area contributed by atoms with E-state index in [9.17, 15) is 0 Å². The molecule has 0 saturated carbocycles. The fraction of sp³-hybridized carbons (Fsp3) is 0.259. The summed E-state index contributed by atoms with van der Waals surface area (Å²) in [5.74, 6) is 2.91. The molecule has 0 atom stereocenters. The van der Waals surface area contributed by atoms with E-state index in [1.165, 1.54) is 10.9 Å². The van der Waals surface area contributed by atoms with Gasteiger partial charge in [0.2, 0.25) is 11.4 Å². The Morgan fingerprint density at radius 3 is 2.14 bits per heavy atom. The number of ether oxygens (including phenoxy) is 4. The van der Waals surface area contributed by atoms with Gasteiger partial charge in [-0.3, -0.25) is 4.40 Å². The van der Waals surface area contributed by atoms with Crippen LogP contribution in [0.3, 0.4) is 0 Å². The fourth-order valence-corrected chi connectivity index (χ4v) is 4.33. The molecule has 0 fully saturated rings. The molecule has 0 amide bonds. The van der Waals surface area contributed by atoms with Gasteiger partial charge in [0.15, 0.2) is 23.1 Å². The van der Waals surface area contributed by atoms with Gasteiger partial charge in [-0.2, -0.15) is 0 Å². The summed E-state index contributed by atoms with van der Waals surface area (Å²) in [6, 6.07) is 14.3. The van der Waals surface area contributed by atoms with E-state index in [2.05, 4.69) is 45.2 Å². The number of benzene rings is 2. The van der Waals surface area contributed by atoms with E-state index in [-0.39, 0.29) is 6.10 Å². The van der Waals surface area contributed by atoms with Crippen LogP contribution >= 0.6 is 0 Å². The molecule has 0 bridgehead atoms. The molecule has 3 heterocycles. The second kappa shape index (κ2) is 8.87. The Morgan fingerprint density at radius 2 is 1.49 bits per heavy atom. The van der Waals surface area contributed by atoms with Crippen LogP contribution in [0, 0.1) is 0 Å². The lowest BCUT2D eigenvalue weighted by molar-refractivity contribution is 0.244. The highest BCUT2D eigenvalue weighted by Crippen LogP contribution is 2.41. The maximum Gasteiger partial charge on any atom is 0.203 e. The van der Waals surface area contributed by atoms with Crippen LogP contribution in [0.15, 0.2) is 54.9 Å². The summed E-state index contributed by atoms with van der Waals surface area (Å²) in [4.78, 5) is 0. The molecule has 0 N–H and O–H groups in total. The Hall–Kier alpha value is -4.20. The largest absolute Gasteiger partial charge is 0.493 e. The Morgan fingerprint density at radius 1 is 0.771 bits per heavy atom. The molecule has 0 aliphatic carbocycles. The summed E-state index contributed by atoms with van der Waals surface area (Å²) in [7, 11) is 6.81. The Labute approximate surface area is 203 Å². The summed E-state index contributed by atoms with van der Waals surface area (Å²) in [5, 5.41) is 10.1. The fourth-order valence-electron chi connectivity index (χ4n) is 4.33. The summed E-state index contributed by atoms with van der Waals surface area (Å²) >= 11 is 0. The van der Waals surface area contributed by atoms with Gasteiger partial charge in [-0.1, -0.05) is 6.07 Å². The smallest absolute Gasteiger partial charge is 0.203 e. The molecular weight excluding hydrogens is 444 g/mol. The van der Waals surface area contributed by atoms with E-state index in [1.54, 1.807) is 21.3 Å². The number of pyridine rings is 1. The standard InChI is InChI=1S/C27H28N4O4/c1-16(2)35-24-14-20(17-7-8-21-18(11-17)9-10-30(21)3)15-31-26(28-29-27(24)31)19-12-22(32-4)25(34-6)23(13-19)33-5/h7-16H,1-6H3. The summed E-state index contributed by atoms with van der Waals surface area (Å²) < 4.78 is 26.8. The third-order valence-electron chi connectivity index (χ3n) is 5.98. The Balaban J connectivity index is 1.73. The van der Waals surface area contributed by atoms with Crippen LogP contribution in [0.25, 0.3) is 39.1 Å². The van der Waals surface area contributed by atoms with Crippen LogP contribution in [-0.4, -0.2) is 46.6 Å². The maximum absolute atomic E-state index is 6.16. The van der Waals surface area contributed by atoms with Crippen LogP contribution < -0.4 is 18.9 Å². The van der Waals surface area contributed by atoms with Gasteiger partial charge in [0, 0.05) is 41.5 Å². The SMILES string of the molecule is COc1cc(-c2nnc3c(OC(C)C)cc(-c4ccc5c(ccn5C)c4)cn23)cc(OC)c1OC. The van der Waals surface area contributed by atoms with Gasteiger partial charge in [-0.15, -0.1) is 10.2 Å². The van der Waals surface area contributed by atoms with Crippen LogP contribution in [0.4, 0.5) is 0 Å². The molecular formula is C27H28N4O4. The molecule has 0 radical (unpaired) electrons. The van der Waals surface area contributed by atoms with E-state index in [0.29, 0.717) is 34.5 Å². The van der Waals surface area contributed by atoms with Crippen molar-refractivity contribution in [2.75, 3.05) is 21.3 Å². The molecule has 5 rings (SSSR count). The molecule has 8 nitrogen and oxygen atoms in total. The number of hydrogen-bond acceptors (Lipinski definition) is 6. The van der Waals surface area contributed by atoms with Gasteiger partial charge in [-0.05, 0) is 55.8 Å². The van der Waals surface area contributed by atoms with Gasteiger partial charge in [0.05, 0.1) is 27.4 Å². The van der Waals surface area contributed by atoms with Crippen molar-refractivity contribution in [1.29, 1.82) is 0 Å². The zero-order valence-corrected chi connectivity index (χ0v) is 20.7. The van der Waals surface area contributed by atoms with Crippen LogP contribution in [0.5, 0.6) is 23.0 Å². The zero-order valence-electron chi connectivity index (χ0n) is 20.7. The van der Waals surface area contributed by atoms with Crippen molar-refractivity contribution in [2.45, 2.75) is 20.0 Å². The topological polar surface area (TPSA) is 72.0 Å². The molecule has 2 aromatic carbocycles. The second-order valence-corrected chi connectivity index (χ2v) is 8.59. The Bertz CT molecular complexity index is 1510. The molecule has 5 aromatic rings. The molecule has 8 heteroatoms. The first-order valence-electron chi connectivity index (χ1n) is 11.3. The molecule has 35 heavy (non-hydrogen) atoms. The molecule has 180 valence electrons.